The fourth-order valence-corrected chi connectivity index (χ4v) is 1.73. The van der Waals surface area contributed by atoms with Crippen LogP contribution in [-0.4, -0.2) is 5.91 Å². The van der Waals surface area contributed by atoms with Crippen LogP contribution in [0.4, 0.5) is 0 Å². The van der Waals surface area contributed by atoms with Crippen LogP contribution < -0.4 is 5.73 Å². The van der Waals surface area contributed by atoms with Gasteiger partial charge in [0.2, 0.25) is 5.91 Å². The highest BCUT2D eigenvalue weighted by Gasteiger charge is 2.08. The number of carbonyl (C=O) groups is 1. The van der Waals surface area contributed by atoms with Crippen molar-refractivity contribution in [2.75, 3.05) is 0 Å². The van der Waals surface area contributed by atoms with Gasteiger partial charge in [0.05, 0.1) is 0 Å². The van der Waals surface area contributed by atoms with Gasteiger partial charge in [0, 0.05) is 9.49 Å². The van der Waals surface area contributed by atoms with Gasteiger partial charge in [-0.05, 0) is 46.7 Å². The summed E-state index contributed by atoms with van der Waals surface area (Å²) in [7, 11) is 0. The third kappa shape index (κ3) is 3.34. The van der Waals surface area contributed by atoms with Crippen molar-refractivity contribution in [3.8, 4) is 0 Å². The molecule has 3 heteroatoms. The molecule has 0 unspecified atom stereocenters. The second-order valence-corrected chi connectivity index (χ2v) is 4.38. The molecule has 0 bridgehead atoms. The Bertz CT molecular complexity index is 312. The van der Waals surface area contributed by atoms with Crippen LogP contribution in [0.25, 0.3) is 0 Å². The summed E-state index contributed by atoms with van der Waals surface area (Å²) in [6.45, 7) is 1.85. The Morgan fingerprint density at radius 2 is 2.31 bits per heavy atom. The van der Waals surface area contributed by atoms with Gasteiger partial charge >= 0.3 is 0 Å². The van der Waals surface area contributed by atoms with Crippen LogP contribution in [0.1, 0.15) is 12.5 Å². The van der Waals surface area contributed by atoms with E-state index >= 15 is 0 Å². The minimum atomic E-state index is -0.237. The summed E-state index contributed by atoms with van der Waals surface area (Å²) >= 11 is 2.25. The summed E-state index contributed by atoms with van der Waals surface area (Å²) < 4.78 is 1.19. The summed E-state index contributed by atoms with van der Waals surface area (Å²) in [5.41, 5.74) is 6.35. The molecular weight excluding hydrogens is 277 g/mol. The lowest BCUT2D eigenvalue weighted by atomic mass is 10.0. The summed E-state index contributed by atoms with van der Waals surface area (Å²) in [5.74, 6) is -0.322. The predicted molar refractivity (Wildman–Crippen MR) is 61.2 cm³/mol. The predicted octanol–water partition coefficient (Wildman–Crippen LogP) is 1.96. The molecule has 1 atom stereocenters. The summed E-state index contributed by atoms with van der Waals surface area (Å²) in [6, 6.07) is 8.10. The molecule has 1 aromatic rings. The summed E-state index contributed by atoms with van der Waals surface area (Å²) in [6.07, 6.45) is 0.728. The van der Waals surface area contributed by atoms with Crippen LogP contribution in [0.5, 0.6) is 0 Å². The van der Waals surface area contributed by atoms with Gasteiger partial charge in [-0.2, -0.15) is 0 Å². The first-order chi connectivity index (χ1) is 6.09. The van der Waals surface area contributed by atoms with E-state index in [4.69, 9.17) is 5.73 Å². The van der Waals surface area contributed by atoms with E-state index in [1.54, 1.807) is 0 Å². The van der Waals surface area contributed by atoms with Gasteiger partial charge < -0.3 is 5.73 Å². The third-order valence-corrected chi connectivity index (χ3v) is 2.59. The SMILES string of the molecule is C[C@H](Cc1cccc(I)c1)C(N)=O. The standard InChI is InChI=1S/C10H12INO/c1-7(10(12)13)5-8-3-2-4-9(11)6-8/h2-4,6-7H,5H2,1H3,(H2,12,13)/t7-/m1/s1. The number of halogens is 1. The van der Waals surface area contributed by atoms with Gasteiger partial charge in [0.15, 0.2) is 0 Å². The van der Waals surface area contributed by atoms with E-state index in [0.29, 0.717) is 0 Å². The maximum atomic E-state index is 10.8. The van der Waals surface area contributed by atoms with Gasteiger partial charge in [-0.3, -0.25) is 4.79 Å². The van der Waals surface area contributed by atoms with Crippen molar-refractivity contribution >= 4 is 28.5 Å². The fourth-order valence-electron chi connectivity index (χ4n) is 1.12. The largest absolute Gasteiger partial charge is 0.369 e. The second-order valence-electron chi connectivity index (χ2n) is 3.14. The van der Waals surface area contributed by atoms with E-state index in [2.05, 4.69) is 28.7 Å². The fraction of sp³-hybridized carbons (Fsp3) is 0.300. The van der Waals surface area contributed by atoms with Crippen LogP contribution in [-0.2, 0) is 11.2 Å². The number of hydrogen-bond donors (Lipinski definition) is 1. The summed E-state index contributed by atoms with van der Waals surface area (Å²) in [5, 5.41) is 0. The number of rotatable bonds is 3. The van der Waals surface area contributed by atoms with Gasteiger partial charge in [-0.1, -0.05) is 19.1 Å². The van der Waals surface area contributed by atoms with Gasteiger partial charge in [-0.25, -0.2) is 0 Å². The van der Waals surface area contributed by atoms with Gasteiger partial charge in [-0.15, -0.1) is 0 Å². The molecule has 70 valence electrons. The van der Waals surface area contributed by atoms with Crippen molar-refractivity contribution in [2.45, 2.75) is 13.3 Å². The van der Waals surface area contributed by atoms with Crippen molar-refractivity contribution in [1.82, 2.24) is 0 Å². The first kappa shape index (κ1) is 10.5. The molecule has 0 aliphatic carbocycles. The number of carbonyl (C=O) groups excluding carboxylic acids is 1. The van der Waals surface area contributed by atoms with Crippen LogP contribution in [0.15, 0.2) is 24.3 Å². The number of hydrogen-bond acceptors (Lipinski definition) is 1. The van der Waals surface area contributed by atoms with Crippen LogP contribution in [0.2, 0.25) is 0 Å². The second kappa shape index (κ2) is 4.60. The maximum Gasteiger partial charge on any atom is 0.220 e. The third-order valence-electron chi connectivity index (χ3n) is 1.92. The number of primary amides is 1. The topological polar surface area (TPSA) is 43.1 Å². The molecule has 0 aromatic heterocycles. The molecule has 0 spiro atoms. The molecule has 0 saturated heterocycles. The minimum Gasteiger partial charge on any atom is -0.369 e. The molecule has 1 rings (SSSR count). The molecule has 2 nitrogen and oxygen atoms in total. The highest BCUT2D eigenvalue weighted by molar-refractivity contribution is 14.1. The van der Waals surface area contributed by atoms with Gasteiger partial charge in [0.25, 0.3) is 0 Å². The smallest absolute Gasteiger partial charge is 0.220 e. The van der Waals surface area contributed by atoms with Crippen molar-refractivity contribution < 1.29 is 4.79 Å². The molecular formula is C10H12INO. The quantitative estimate of drug-likeness (QED) is 0.849. The average molecular weight is 289 g/mol. The van der Waals surface area contributed by atoms with Crippen molar-refractivity contribution in [3.05, 3.63) is 33.4 Å². The number of nitrogens with two attached hydrogens (primary N) is 1. The molecule has 0 radical (unpaired) electrons. The molecule has 0 aliphatic rings. The normalized spacial score (nSPS) is 12.5. The van der Waals surface area contributed by atoms with Crippen molar-refractivity contribution in [1.29, 1.82) is 0 Å². The number of amides is 1. The van der Waals surface area contributed by atoms with E-state index in [1.807, 2.05) is 25.1 Å². The van der Waals surface area contributed by atoms with Crippen molar-refractivity contribution in [3.63, 3.8) is 0 Å². The van der Waals surface area contributed by atoms with E-state index in [-0.39, 0.29) is 11.8 Å². The van der Waals surface area contributed by atoms with Crippen LogP contribution in [0, 0.1) is 9.49 Å². The minimum absolute atomic E-state index is 0.0850. The van der Waals surface area contributed by atoms with E-state index < -0.39 is 0 Å². The molecule has 0 aliphatic heterocycles. The Balaban J connectivity index is 2.69. The first-order valence-electron chi connectivity index (χ1n) is 4.13. The van der Waals surface area contributed by atoms with Crippen molar-refractivity contribution in [2.24, 2.45) is 11.7 Å². The van der Waals surface area contributed by atoms with Crippen LogP contribution >= 0.6 is 22.6 Å². The lowest BCUT2D eigenvalue weighted by Crippen LogP contribution is -2.22. The zero-order chi connectivity index (χ0) is 9.84. The number of benzene rings is 1. The lowest BCUT2D eigenvalue weighted by molar-refractivity contribution is -0.121. The average Bonchev–Trinajstić information content (AvgIpc) is 2.04. The Kier molecular flexibility index (Phi) is 3.71. The monoisotopic (exact) mass is 289 g/mol. The molecule has 13 heavy (non-hydrogen) atoms. The first-order valence-corrected chi connectivity index (χ1v) is 5.21. The van der Waals surface area contributed by atoms with E-state index in [0.717, 1.165) is 6.42 Å². The van der Waals surface area contributed by atoms with E-state index in [9.17, 15) is 4.79 Å². The van der Waals surface area contributed by atoms with E-state index in [1.165, 1.54) is 9.13 Å². The lowest BCUT2D eigenvalue weighted by Gasteiger charge is -2.06. The zero-order valence-electron chi connectivity index (χ0n) is 7.46. The zero-order valence-corrected chi connectivity index (χ0v) is 9.61. The Labute approximate surface area is 91.7 Å². The van der Waals surface area contributed by atoms with Gasteiger partial charge in [0.1, 0.15) is 0 Å². The molecule has 0 fully saturated rings. The summed E-state index contributed by atoms with van der Waals surface area (Å²) in [4.78, 5) is 10.8. The molecule has 1 aromatic carbocycles. The highest BCUT2D eigenvalue weighted by Crippen LogP contribution is 2.11. The molecule has 1 amide bonds. The van der Waals surface area contributed by atoms with Crippen LogP contribution in [0.3, 0.4) is 0 Å². The molecule has 0 saturated carbocycles. The highest BCUT2D eigenvalue weighted by atomic mass is 127. The molecule has 0 heterocycles. The Morgan fingerprint density at radius 1 is 1.62 bits per heavy atom. The molecule has 2 N–H and O–H groups in total. The maximum absolute atomic E-state index is 10.8. The Morgan fingerprint density at radius 3 is 2.85 bits per heavy atom. The Hall–Kier alpha value is -0.580.